The largest absolute Gasteiger partial charge is 0.496 e. The lowest BCUT2D eigenvalue weighted by molar-refractivity contribution is 0.0948. The van der Waals surface area contributed by atoms with Crippen LogP contribution in [0.3, 0.4) is 0 Å². The summed E-state index contributed by atoms with van der Waals surface area (Å²) in [6.07, 6.45) is 1.79. The van der Waals surface area contributed by atoms with E-state index in [1.54, 1.807) is 35.7 Å². The lowest BCUT2D eigenvalue weighted by Gasteiger charge is -2.09. The van der Waals surface area contributed by atoms with Gasteiger partial charge in [-0.1, -0.05) is 0 Å². The number of benzene rings is 1. The Labute approximate surface area is 115 Å². The fraction of sp³-hybridized carbons (Fsp3) is 0.231. The van der Waals surface area contributed by atoms with E-state index >= 15 is 0 Å². The van der Waals surface area contributed by atoms with Gasteiger partial charge in [-0.2, -0.15) is 0 Å². The van der Waals surface area contributed by atoms with Crippen LogP contribution in [0.1, 0.15) is 20.2 Å². The van der Waals surface area contributed by atoms with Gasteiger partial charge in [-0.25, -0.2) is 4.98 Å². The first-order valence-electron chi connectivity index (χ1n) is 5.73. The van der Waals surface area contributed by atoms with E-state index in [1.807, 2.05) is 6.92 Å². The molecule has 0 aliphatic carbocycles. The number of methoxy groups -OCH3 is 1. The van der Waals surface area contributed by atoms with Gasteiger partial charge in [0.25, 0.3) is 5.91 Å². The van der Waals surface area contributed by atoms with Gasteiger partial charge in [0.15, 0.2) is 0 Å². The van der Waals surface area contributed by atoms with E-state index in [0.717, 1.165) is 9.88 Å². The summed E-state index contributed by atoms with van der Waals surface area (Å²) < 4.78 is 5.15. The van der Waals surface area contributed by atoms with E-state index in [1.165, 1.54) is 7.11 Å². The molecule has 2 rings (SSSR count). The minimum absolute atomic E-state index is 0.204. The maximum atomic E-state index is 12.1. The topological polar surface area (TPSA) is 77.2 Å². The second-order valence-corrected chi connectivity index (χ2v) is 5.33. The SMILES string of the molecule is COc1cc(N)ccc1C(=O)NCc1ncc(C)s1. The van der Waals surface area contributed by atoms with Crippen LogP contribution >= 0.6 is 11.3 Å². The summed E-state index contributed by atoms with van der Waals surface area (Å²) in [5.74, 6) is 0.262. The normalized spacial score (nSPS) is 10.2. The molecule has 2 aromatic rings. The number of carbonyl (C=O) groups excluding carboxylic acids is 1. The van der Waals surface area contributed by atoms with Gasteiger partial charge in [0, 0.05) is 22.8 Å². The fourth-order valence-corrected chi connectivity index (χ4v) is 2.36. The Kier molecular flexibility index (Phi) is 4.01. The second kappa shape index (κ2) is 5.71. The molecular weight excluding hydrogens is 262 g/mol. The van der Waals surface area contributed by atoms with Gasteiger partial charge in [-0.05, 0) is 19.1 Å². The molecular formula is C13H15N3O2S. The van der Waals surface area contributed by atoms with Crippen LogP contribution in [0.25, 0.3) is 0 Å². The number of nitrogens with zero attached hydrogens (tertiary/aromatic N) is 1. The van der Waals surface area contributed by atoms with Crippen LogP contribution in [0.15, 0.2) is 24.4 Å². The van der Waals surface area contributed by atoms with Crippen LogP contribution in [0.5, 0.6) is 5.75 Å². The number of thiazole rings is 1. The van der Waals surface area contributed by atoms with Crippen LogP contribution in [-0.4, -0.2) is 18.0 Å². The van der Waals surface area contributed by atoms with Gasteiger partial charge in [-0.15, -0.1) is 11.3 Å². The summed E-state index contributed by atoms with van der Waals surface area (Å²) in [5.41, 5.74) is 6.67. The van der Waals surface area contributed by atoms with Gasteiger partial charge >= 0.3 is 0 Å². The predicted octanol–water partition coefficient (Wildman–Crippen LogP) is 1.97. The molecule has 0 aliphatic rings. The van der Waals surface area contributed by atoms with Gasteiger partial charge < -0.3 is 15.8 Å². The number of nitrogens with one attached hydrogen (secondary N) is 1. The second-order valence-electron chi connectivity index (χ2n) is 4.01. The minimum atomic E-state index is -0.204. The van der Waals surface area contributed by atoms with Crippen molar-refractivity contribution in [2.75, 3.05) is 12.8 Å². The average molecular weight is 277 g/mol. The highest BCUT2D eigenvalue weighted by Gasteiger charge is 2.12. The standard InChI is InChI=1S/C13H15N3O2S/c1-8-6-15-12(19-8)7-16-13(17)10-4-3-9(14)5-11(10)18-2/h3-6H,7,14H2,1-2H3,(H,16,17). The molecule has 0 spiro atoms. The molecule has 0 atom stereocenters. The molecule has 3 N–H and O–H groups in total. The van der Waals surface area contributed by atoms with Crippen molar-refractivity contribution in [2.24, 2.45) is 0 Å². The molecule has 19 heavy (non-hydrogen) atoms. The Morgan fingerprint density at radius 3 is 2.95 bits per heavy atom. The van der Waals surface area contributed by atoms with Crippen molar-refractivity contribution in [1.29, 1.82) is 0 Å². The smallest absolute Gasteiger partial charge is 0.255 e. The Hall–Kier alpha value is -2.08. The highest BCUT2D eigenvalue weighted by atomic mass is 32.1. The van der Waals surface area contributed by atoms with Crippen molar-refractivity contribution in [2.45, 2.75) is 13.5 Å². The molecule has 1 heterocycles. The summed E-state index contributed by atoms with van der Waals surface area (Å²) in [6, 6.07) is 4.95. The zero-order chi connectivity index (χ0) is 13.8. The Bertz CT molecular complexity index is 595. The predicted molar refractivity (Wildman–Crippen MR) is 75.4 cm³/mol. The Balaban J connectivity index is 2.07. The third kappa shape index (κ3) is 3.23. The molecule has 0 bridgehead atoms. The van der Waals surface area contributed by atoms with Crippen LogP contribution in [0.4, 0.5) is 5.69 Å². The third-order valence-corrected chi connectivity index (χ3v) is 3.45. The molecule has 6 heteroatoms. The van der Waals surface area contributed by atoms with E-state index in [9.17, 15) is 4.79 Å². The molecule has 1 amide bonds. The van der Waals surface area contributed by atoms with Crippen molar-refractivity contribution in [3.8, 4) is 5.75 Å². The highest BCUT2D eigenvalue weighted by molar-refractivity contribution is 7.11. The number of carbonyl (C=O) groups is 1. The zero-order valence-electron chi connectivity index (χ0n) is 10.8. The molecule has 1 aromatic heterocycles. The first kappa shape index (κ1) is 13.4. The van der Waals surface area contributed by atoms with Crippen molar-refractivity contribution in [3.05, 3.63) is 39.8 Å². The van der Waals surface area contributed by atoms with E-state index < -0.39 is 0 Å². The summed E-state index contributed by atoms with van der Waals surface area (Å²) in [5, 5.41) is 3.69. The monoisotopic (exact) mass is 277 g/mol. The lowest BCUT2D eigenvalue weighted by Crippen LogP contribution is -2.23. The molecule has 0 radical (unpaired) electrons. The first-order chi connectivity index (χ1) is 9.10. The Morgan fingerprint density at radius 1 is 1.53 bits per heavy atom. The molecule has 0 unspecified atom stereocenters. The molecule has 0 aliphatic heterocycles. The Morgan fingerprint density at radius 2 is 2.32 bits per heavy atom. The molecule has 1 aromatic carbocycles. The number of aromatic nitrogens is 1. The van der Waals surface area contributed by atoms with Crippen molar-refractivity contribution in [3.63, 3.8) is 0 Å². The van der Waals surface area contributed by atoms with Crippen molar-refractivity contribution >= 4 is 22.9 Å². The molecule has 5 nitrogen and oxygen atoms in total. The summed E-state index contributed by atoms with van der Waals surface area (Å²) >= 11 is 1.56. The van der Waals surface area contributed by atoms with Crippen LogP contribution in [0.2, 0.25) is 0 Å². The number of amides is 1. The summed E-state index contributed by atoms with van der Waals surface area (Å²) in [6.45, 7) is 2.39. The fourth-order valence-electron chi connectivity index (χ4n) is 1.63. The van der Waals surface area contributed by atoms with Gasteiger partial charge in [-0.3, -0.25) is 4.79 Å². The quantitative estimate of drug-likeness (QED) is 0.838. The lowest BCUT2D eigenvalue weighted by atomic mass is 10.1. The van der Waals surface area contributed by atoms with E-state index in [-0.39, 0.29) is 5.91 Å². The number of aryl methyl sites for hydroxylation is 1. The van der Waals surface area contributed by atoms with Gasteiger partial charge in [0.2, 0.25) is 0 Å². The third-order valence-electron chi connectivity index (χ3n) is 2.54. The number of nitrogen functional groups attached to an aromatic ring is 1. The number of anilines is 1. The number of hydrogen-bond acceptors (Lipinski definition) is 5. The zero-order valence-corrected chi connectivity index (χ0v) is 11.6. The number of hydrogen-bond donors (Lipinski definition) is 2. The molecule has 0 saturated carbocycles. The van der Waals surface area contributed by atoms with E-state index in [0.29, 0.717) is 23.5 Å². The van der Waals surface area contributed by atoms with Crippen LogP contribution < -0.4 is 15.8 Å². The minimum Gasteiger partial charge on any atom is -0.496 e. The molecule has 0 fully saturated rings. The van der Waals surface area contributed by atoms with Crippen molar-refractivity contribution in [1.82, 2.24) is 10.3 Å². The number of nitrogens with two attached hydrogens (primary N) is 1. The summed E-state index contributed by atoms with van der Waals surface area (Å²) in [7, 11) is 1.51. The van der Waals surface area contributed by atoms with Crippen molar-refractivity contribution < 1.29 is 9.53 Å². The van der Waals surface area contributed by atoms with Gasteiger partial charge in [0.1, 0.15) is 10.8 Å². The van der Waals surface area contributed by atoms with Crippen LogP contribution in [-0.2, 0) is 6.54 Å². The highest BCUT2D eigenvalue weighted by Crippen LogP contribution is 2.21. The van der Waals surface area contributed by atoms with Crippen LogP contribution in [0, 0.1) is 6.92 Å². The molecule has 0 saturated heterocycles. The van der Waals surface area contributed by atoms with Gasteiger partial charge in [0.05, 0.1) is 19.2 Å². The maximum Gasteiger partial charge on any atom is 0.255 e. The molecule has 100 valence electrons. The first-order valence-corrected chi connectivity index (χ1v) is 6.55. The number of rotatable bonds is 4. The van der Waals surface area contributed by atoms with E-state index in [4.69, 9.17) is 10.5 Å². The number of ether oxygens (including phenoxy) is 1. The maximum absolute atomic E-state index is 12.1. The average Bonchev–Trinajstić information content (AvgIpc) is 2.81. The summed E-state index contributed by atoms with van der Waals surface area (Å²) in [4.78, 5) is 17.4. The van der Waals surface area contributed by atoms with E-state index in [2.05, 4.69) is 10.3 Å².